The molecule has 0 aliphatic carbocycles. The van der Waals surface area contributed by atoms with Gasteiger partial charge in [-0.05, 0) is 73.0 Å². The van der Waals surface area contributed by atoms with Crippen molar-refractivity contribution in [1.82, 2.24) is 14.0 Å². The monoisotopic (exact) mass is 707 g/mol. The van der Waals surface area contributed by atoms with E-state index in [1.807, 2.05) is 68.6 Å². The van der Waals surface area contributed by atoms with E-state index in [1.165, 1.54) is 22.0 Å². The molecular formula is C41H39F2N3O4S. The zero-order valence-electron chi connectivity index (χ0n) is 29.0. The van der Waals surface area contributed by atoms with Gasteiger partial charge in [0.05, 0.1) is 23.2 Å². The summed E-state index contributed by atoms with van der Waals surface area (Å²) in [6.45, 7) is 5.54. The maximum absolute atomic E-state index is 15.1. The third kappa shape index (κ3) is 7.54. The molecule has 4 aromatic carbocycles. The van der Waals surface area contributed by atoms with Crippen molar-refractivity contribution in [3.8, 4) is 16.1 Å². The van der Waals surface area contributed by atoms with Crippen LogP contribution in [0.15, 0.2) is 107 Å². The summed E-state index contributed by atoms with van der Waals surface area (Å²) >= 11 is 1.22. The minimum atomic E-state index is -1.16. The number of carbonyl (C=O) groups is 1. The molecule has 0 amide bonds. The van der Waals surface area contributed by atoms with Gasteiger partial charge in [0.15, 0.2) is 0 Å². The second-order valence-corrected chi connectivity index (χ2v) is 14.3. The second kappa shape index (κ2) is 14.7. The Morgan fingerprint density at radius 2 is 1.47 bits per heavy atom. The summed E-state index contributed by atoms with van der Waals surface area (Å²) in [7, 11) is 1.94. The minimum absolute atomic E-state index is 0.119. The number of benzene rings is 4. The van der Waals surface area contributed by atoms with Gasteiger partial charge in [-0.1, -0.05) is 79.7 Å². The van der Waals surface area contributed by atoms with E-state index in [9.17, 15) is 19.5 Å². The van der Waals surface area contributed by atoms with Crippen molar-refractivity contribution in [2.24, 2.45) is 0 Å². The lowest BCUT2D eigenvalue weighted by atomic mass is 9.98. The van der Waals surface area contributed by atoms with Gasteiger partial charge in [0.25, 0.3) is 5.56 Å². The number of hydrogen-bond acceptors (Lipinski definition) is 6. The summed E-state index contributed by atoms with van der Waals surface area (Å²) in [4.78, 5) is 44.3. The lowest BCUT2D eigenvalue weighted by Crippen LogP contribution is -2.39. The Hall–Kier alpha value is -5.03. The number of nitrogens with zero attached hydrogens (tertiary/aromatic N) is 3. The molecule has 262 valence electrons. The van der Waals surface area contributed by atoms with Gasteiger partial charge in [-0.15, -0.1) is 11.3 Å². The van der Waals surface area contributed by atoms with E-state index >= 15 is 8.78 Å². The molecule has 0 saturated heterocycles. The Labute approximate surface area is 298 Å². The number of Topliss-reactive ketones (excluding diaryl/α,β-unsaturated/α-hetero) is 1. The molecule has 7 nitrogen and oxygen atoms in total. The maximum atomic E-state index is 15.1. The van der Waals surface area contributed by atoms with E-state index in [0.717, 1.165) is 38.3 Å². The first-order valence-corrected chi connectivity index (χ1v) is 17.6. The predicted octanol–water partition coefficient (Wildman–Crippen LogP) is 7.59. The Bertz CT molecular complexity index is 2300. The molecular weight excluding hydrogens is 669 g/mol. The van der Waals surface area contributed by atoms with E-state index in [-0.39, 0.29) is 22.4 Å². The molecule has 0 unspecified atom stereocenters. The van der Waals surface area contributed by atoms with Crippen molar-refractivity contribution >= 4 is 27.3 Å². The fourth-order valence-electron chi connectivity index (χ4n) is 6.23. The fourth-order valence-corrected chi connectivity index (χ4v) is 7.53. The first-order valence-electron chi connectivity index (χ1n) is 16.8. The molecule has 0 aliphatic rings. The molecule has 51 heavy (non-hydrogen) atoms. The number of aliphatic hydroxyl groups is 1. The summed E-state index contributed by atoms with van der Waals surface area (Å²) in [5.41, 5.74) is 1.44. The van der Waals surface area contributed by atoms with Crippen LogP contribution in [0.4, 0.5) is 8.78 Å². The first-order chi connectivity index (χ1) is 24.3. The molecule has 0 aliphatic heterocycles. The average Bonchev–Trinajstić information content (AvgIpc) is 3.47. The molecule has 0 atom stereocenters. The van der Waals surface area contributed by atoms with Crippen LogP contribution >= 0.6 is 11.3 Å². The third-order valence-electron chi connectivity index (χ3n) is 9.02. The molecule has 2 heterocycles. The summed E-state index contributed by atoms with van der Waals surface area (Å²) in [5.74, 6) is -1.49. The van der Waals surface area contributed by atoms with Crippen LogP contribution in [0.1, 0.15) is 55.0 Å². The maximum Gasteiger partial charge on any atom is 0.337 e. The van der Waals surface area contributed by atoms with E-state index in [4.69, 9.17) is 0 Å². The molecule has 2 aromatic heterocycles. The summed E-state index contributed by atoms with van der Waals surface area (Å²) in [6.07, 6.45) is 0.740. The molecule has 6 aromatic rings. The van der Waals surface area contributed by atoms with Crippen LogP contribution in [0.3, 0.4) is 0 Å². The van der Waals surface area contributed by atoms with Gasteiger partial charge < -0.3 is 5.11 Å². The highest BCUT2D eigenvalue weighted by atomic mass is 32.1. The Balaban J connectivity index is 1.62. The number of thiophene rings is 1. The van der Waals surface area contributed by atoms with E-state index in [1.54, 1.807) is 38.1 Å². The molecule has 6 rings (SSSR count). The molecule has 0 radical (unpaired) electrons. The number of hydrogen-bond donors (Lipinski definition) is 1. The largest absolute Gasteiger partial charge is 0.386 e. The van der Waals surface area contributed by atoms with Gasteiger partial charge in [0.2, 0.25) is 0 Å². The smallest absolute Gasteiger partial charge is 0.337 e. The Morgan fingerprint density at radius 1 is 0.824 bits per heavy atom. The Morgan fingerprint density at radius 3 is 2.08 bits per heavy atom. The zero-order chi connectivity index (χ0) is 36.4. The van der Waals surface area contributed by atoms with Crippen LogP contribution in [0.5, 0.6) is 0 Å². The number of fused-ring (bicyclic) bond motifs is 1. The van der Waals surface area contributed by atoms with Gasteiger partial charge in [-0.3, -0.25) is 19.1 Å². The topological polar surface area (TPSA) is 84.5 Å². The standard InChI is InChI=1S/C41H39F2N3O4S/c1-5-31(47)22-26-14-16-28(17-15-26)37-33(24-44(4)23-27-10-7-6-8-11-27)36-38(48)46(30-20-18-29(19-21-30)41(2,3)50)40(49)45(39(36)51-37)25-32-34(42)12-9-13-35(32)43/h6-21,50H,5,22-25H2,1-4H3. The number of aromatic nitrogens is 2. The van der Waals surface area contributed by atoms with Crippen molar-refractivity contribution in [3.05, 3.63) is 157 Å². The van der Waals surface area contributed by atoms with Gasteiger partial charge in [0.1, 0.15) is 22.2 Å². The van der Waals surface area contributed by atoms with Crippen LogP contribution in [-0.2, 0) is 36.5 Å². The molecule has 0 fully saturated rings. The highest BCUT2D eigenvalue weighted by Crippen LogP contribution is 2.38. The number of rotatable bonds is 12. The van der Waals surface area contributed by atoms with Crippen molar-refractivity contribution < 1.29 is 18.7 Å². The van der Waals surface area contributed by atoms with Crippen LogP contribution in [0, 0.1) is 11.6 Å². The lowest BCUT2D eigenvalue weighted by Gasteiger charge is -2.19. The van der Waals surface area contributed by atoms with Crippen molar-refractivity contribution in [2.45, 2.75) is 58.8 Å². The van der Waals surface area contributed by atoms with E-state index in [0.29, 0.717) is 41.9 Å². The molecule has 1 N–H and O–H groups in total. The van der Waals surface area contributed by atoms with E-state index in [2.05, 4.69) is 4.90 Å². The van der Waals surface area contributed by atoms with Crippen LogP contribution in [0.25, 0.3) is 26.3 Å². The second-order valence-electron chi connectivity index (χ2n) is 13.3. The molecule has 10 heteroatoms. The SMILES string of the molecule is CCC(=O)Cc1ccc(-c2sc3c(c2CN(C)Cc2ccccc2)c(=O)n(-c2ccc(C(C)(C)O)cc2)c(=O)n3Cc2c(F)cccc2F)cc1. The highest BCUT2D eigenvalue weighted by molar-refractivity contribution is 7.22. The van der Waals surface area contributed by atoms with Crippen molar-refractivity contribution in [3.63, 3.8) is 0 Å². The van der Waals surface area contributed by atoms with Crippen molar-refractivity contribution in [2.75, 3.05) is 7.05 Å². The summed E-state index contributed by atoms with van der Waals surface area (Å²) < 4.78 is 32.6. The van der Waals surface area contributed by atoms with Crippen LogP contribution in [0.2, 0.25) is 0 Å². The average molecular weight is 708 g/mol. The third-order valence-corrected chi connectivity index (χ3v) is 10.3. The Kier molecular flexibility index (Phi) is 10.3. The van der Waals surface area contributed by atoms with Gasteiger partial charge >= 0.3 is 5.69 Å². The van der Waals surface area contributed by atoms with Crippen molar-refractivity contribution in [1.29, 1.82) is 0 Å². The normalized spacial score (nSPS) is 11.8. The molecule has 0 bridgehead atoms. The molecule has 0 saturated carbocycles. The highest BCUT2D eigenvalue weighted by Gasteiger charge is 2.26. The van der Waals surface area contributed by atoms with Gasteiger partial charge in [-0.2, -0.15) is 0 Å². The quantitative estimate of drug-likeness (QED) is 0.142. The lowest BCUT2D eigenvalue weighted by molar-refractivity contribution is -0.118. The number of carbonyl (C=O) groups excluding carboxylic acids is 1. The predicted molar refractivity (Wildman–Crippen MR) is 198 cm³/mol. The molecule has 0 spiro atoms. The van der Waals surface area contributed by atoms with Crippen LogP contribution in [-0.4, -0.2) is 32.0 Å². The minimum Gasteiger partial charge on any atom is -0.386 e. The first kappa shape index (κ1) is 35.8. The number of halogens is 2. The summed E-state index contributed by atoms with van der Waals surface area (Å²) in [6, 6.07) is 27.5. The van der Waals surface area contributed by atoms with Gasteiger partial charge in [-0.25, -0.2) is 18.1 Å². The van der Waals surface area contributed by atoms with Crippen LogP contribution < -0.4 is 11.2 Å². The van der Waals surface area contributed by atoms with E-state index < -0.39 is 35.0 Å². The number of ketones is 1. The van der Waals surface area contributed by atoms with Gasteiger partial charge in [0, 0.05) is 36.4 Å². The zero-order valence-corrected chi connectivity index (χ0v) is 29.8. The fraction of sp³-hybridized carbons (Fsp3) is 0.244. The summed E-state index contributed by atoms with van der Waals surface area (Å²) in [5, 5.41) is 10.8.